The number of aliphatic hydroxyl groups is 1. The van der Waals surface area contributed by atoms with Crippen LogP contribution >= 0.6 is 0 Å². The number of nitrogens with zero attached hydrogens (tertiary/aromatic N) is 3. The standard InChI is InChI=1S/C20H21FN4O4S/c1-20(27)9-3-4-16(20)25-17(26)8-5-12-11-22-19(24-18(12)25)23-15-7-6-13(10-14(15)21)30(2,28)29/h5-8,10-11,16,27H,3-4,9H2,1-2H3,(H,22,23,24)/t16-,20-/m1/s1. The minimum Gasteiger partial charge on any atom is -0.388 e. The van der Waals surface area contributed by atoms with Crippen LogP contribution in [0.3, 0.4) is 0 Å². The zero-order valence-corrected chi connectivity index (χ0v) is 17.3. The first kappa shape index (κ1) is 20.4. The zero-order chi connectivity index (χ0) is 21.7. The van der Waals surface area contributed by atoms with Crippen molar-refractivity contribution < 1.29 is 17.9 Å². The van der Waals surface area contributed by atoms with Crippen molar-refractivity contribution in [3.63, 3.8) is 0 Å². The third-order valence-corrected chi connectivity index (χ3v) is 6.58. The highest BCUT2D eigenvalue weighted by Gasteiger charge is 2.39. The summed E-state index contributed by atoms with van der Waals surface area (Å²) >= 11 is 0. The van der Waals surface area contributed by atoms with E-state index in [0.717, 1.165) is 18.7 Å². The van der Waals surface area contributed by atoms with E-state index in [-0.39, 0.29) is 22.1 Å². The van der Waals surface area contributed by atoms with Crippen molar-refractivity contribution in [3.8, 4) is 0 Å². The van der Waals surface area contributed by atoms with Gasteiger partial charge in [-0.1, -0.05) is 0 Å². The molecule has 10 heteroatoms. The molecule has 158 valence electrons. The van der Waals surface area contributed by atoms with E-state index in [2.05, 4.69) is 15.3 Å². The summed E-state index contributed by atoms with van der Waals surface area (Å²) in [4.78, 5) is 21.0. The van der Waals surface area contributed by atoms with Crippen molar-refractivity contribution in [1.82, 2.24) is 14.5 Å². The minimum atomic E-state index is -3.54. The van der Waals surface area contributed by atoms with E-state index in [1.165, 1.54) is 29.0 Å². The largest absolute Gasteiger partial charge is 0.388 e. The molecule has 4 rings (SSSR count). The third-order valence-electron chi connectivity index (χ3n) is 5.47. The highest BCUT2D eigenvalue weighted by molar-refractivity contribution is 7.90. The van der Waals surface area contributed by atoms with Crippen LogP contribution in [0.2, 0.25) is 0 Å². The molecule has 0 amide bonds. The topological polar surface area (TPSA) is 114 Å². The number of nitrogens with one attached hydrogen (secondary N) is 1. The number of sulfone groups is 1. The molecule has 1 saturated carbocycles. The number of rotatable bonds is 4. The van der Waals surface area contributed by atoms with Crippen molar-refractivity contribution >= 4 is 32.5 Å². The molecule has 0 spiro atoms. The molecule has 2 aromatic heterocycles. The smallest absolute Gasteiger partial charge is 0.252 e. The lowest BCUT2D eigenvalue weighted by atomic mass is 10.00. The Morgan fingerprint density at radius 2 is 2.07 bits per heavy atom. The molecule has 1 aromatic carbocycles. The van der Waals surface area contributed by atoms with E-state index in [9.17, 15) is 22.7 Å². The van der Waals surface area contributed by atoms with E-state index in [0.29, 0.717) is 23.9 Å². The molecular formula is C20H21FN4O4S. The maximum Gasteiger partial charge on any atom is 0.252 e. The predicted octanol–water partition coefficient (Wildman–Crippen LogP) is 2.55. The second kappa shape index (κ2) is 7.13. The van der Waals surface area contributed by atoms with E-state index >= 15 is 0 Å². The van der Waals surface area contributed by atoms with Gasteiger partial charge in [-0.2, -0.15) is 4.98 Å². The van der Waals surface area contributed by atoms with Crippen molar-refractivity contribution in [1.29, 1.82) is 0 Å². The van der Waals surface area contributed by atoms with Crippen LogP contribution in [0, 0.1) is 5.82 Å². The highest BCUT2D eigenvalue weighted by atomic mass is 32.2. The number of aromatic nitrogens is 3. The van der Waals surface area contributed by atoms with Gasteiger partial charge in [0.15, 0.2) is 9.84 Å². The van der Waals surface area contributed by atoms with Gasteiger partial charge >= 0.3 is 0 Å². The highest BCUT2D eigenvalue weighted by Crippen LogP contribution is 2.39. The van der Waals surface area contributed by atoms with Crippen LogP contribution in [0.1, 0.15) is 32.2 Å². The Kier molecular flexibility index (Phi) is 4.86. The predicted molar refractivity (Wildman–Crippen MR) is 110 cm³/mol. The van der Waals surface area contributed by atoms with Gasteiger partial charge in [0, 0.05) is 23.9 Å². The lowest BCUT2D eigenvalue weighted by molar-refractivity contribution is 0.0267. The number of halogens is 1. The van der Waals surface area contributed by atoms with E-state index in [1.54, 1.807) is 13.0 Å². The number of anilines is 2. The van der Waals surface area contributed by atoms with E-state index < -0.39 is 27.3 Å². The van der Waals surface area contributed by atoms with Gasteiger partial charge in [-0.15, -0.1) is 0 Å². The molecular weight excluding hydrogens is 411 g/mol. The normalized spacial score (nSPS) is 21.8. The third kappa shape index (κ3) is 3.68. The van der Waals surface area contributed by atoms with Crippen LogP contribution in [0.25, 0.3) is 11.0 Å². The van der Waals surface area contributed by atoms with Crippen LogP contribution in [0.5, 0.6) is 0 Å². The quantitative estimate of drug-likeness (QED) is 0.651. The van der Waals surface area contributed by atoms with Crippen LogP contribution in [-0.2, 0) is 9.84 Å². The Hall–Kier alpha value is -2.85. The summed E-state index contributed by atoms with van der Waals surface area (Å²) in [7, 11) is -3.54. The van der Waals surface area contributed by atoms with Crippen LogP contribution in [0.4, 0.5) is 16.0 Å². The fraction of sp³-hybridized carbons (Fsp3) is 0.350. The van der Waals surface area contributed by atoms with Gasteiger partial charge in [-0.25, -0.2) is 17.8 Å². The maximum absolute atomic E-state index is 14.4. The number of hydrogen-bond donors (Lipinski definition) is 2. The summed E-state index contributed by atoms with van der Waals surface area (Å²) in [5, 5.41) is 14.0. The van der Waals surface area contributed by atoms with Gasteiger partial charge in [-0.3, -0.25) is 9.36 Å². The number of pyridine rings is 1. The van der Waals surface area contributed by atoms with Gasteiger partial charge in [0.1, 0.15) is 11.5 Å². The molecule has 0 unspecified atom stereocenters. The Morgan fingerprint density at radius 3 is 2.70 bits per heavy atom. The Morgan fingerprint density at radius 1 is 1.30 bits per heavy atom. The molecule has 30 heavy (non-hydrogen) atoms. The monoisotopic (exact) mass is 432 g/mol. The summed E-state index contributed by atoms with van der Waals surface area (Å²) in [5.41, 5.74) is -0.993. The SMILES string of the molecule is C[C@@]1(O)CCC[C@H]1n1c(=O)ccc2cnc(Nc3ccc(S(C)(=O)=O)cc3F)nc21. The Labute approximate surface area is 172 Å². The first-order chi connectivity index (χ1) is 14.1. The zero-order valence-electron chi connectivity index (χ0n) is 16.5. The molecule has 1 aliphatic rings. The number of fused-ring (bicyclic) bond motifs is 1. The fourth-order valence-corrected chi connectivity index (χ4v) is 4.52. The van der Waals surface area contributed by atoms with Crippen molar-refractivity contribution in [2.45, 2.75) is 42.7 Å². The van der Waals surface area contributed by atoms with Gasteiger partial charge in [0.25, 0.3) is 5.56 Å². The summed E-state index contributed by atoms with van der Waals surface area (Å²) in [6.45, 7) is 1.70. The second-order valence-corrected chi connectivity index (χ2v) is 9.83. The van der Waals surface area contributed by atoms with Crippen LogP contribution in [0.15, 0.2) is 46.2 Å². The average molecular weight is 432 g/mol. The molecule has 3 aromatic rings. The molecule has 2 N–H and O–H groups in total. The van der Waals surface area contributed by atoms with Gasteiger partial charge < -0.3 is 10.4 Å². The average Bonchev–Trinajstić information content (AvgIpc) is 3.01. The van der Waals surface area contributed by atoms with Crippen LogP contribution < -0.4 is 10.9 Å². The fourth-order valence-electron chi connectivity index (χ4n) is 3.89. The molecule has 1 aliphatic carbocycles. The van der Waals surface area contributed by atoms with Crippen LogP contribution in [-0.4, -0.2) is 39.9 Å². The molecule has 0 aliphatic heterocycles. The van der Waals surface area contributed by atoms with Gasteiger partial charge in [0.2, 0.25) is 5.95 Å². The summed E-state index contributed by atoms with van der Waals surface area (Å²) in [5.74, 6) is -0.726. The summed E-state index contributed by atoms with van der Waals surface area (Å²) in [6, 6.07) is 6.08. The summed E-state index contributed by atoms with van der Waals surface area (Å²) in [6.07, 6.45) is 4.51. The molecule has 0 bridgehead atoms. The van der Waals surface area contributed by atoms with Crippen molar-refractivity contribution in [3.05, 3.63) is 52.7 Å². The first-order valence-electron chi connectivity index (χ1n) is 9.43. The minimum absolute atomic E-state index is 0.000518. The molecule has 2 heterocycles. The number of benzene rings is 1. The van der Waals surface area contributed by atoms with Gasteiger partial charge in [-0.05, 0) is 50.5 Å². The lowest BCUT2D eigenvalue weighted by Gasteiger charge is -2.28. The molecule has 0 saturated heterocycles. The second-order valence-electron chi connectivity index (χ2n) is 7.82. The Bertz CT molecular complexity index is 1300. The van der Waals surface area contributed by atoms with Gasteiger partial charge in [0.05, 0.1) is 22.2 Å². The van der Waals surface area contributed by atoms with Crippen molar-refractivity contribution in [2.24, 2.45) is 0 Å². The number of hydrogen-bond acceptors (Lipinski definition) is 7. The molecule has 0 radical (unpaired) electrons. The molecule has 8 nitrogen and oxygen atoms in total. The lowest BCUT2D eigenvalue weighted by Crippen LogP contribution is -2.37. The first-order valence-corrected chi connectivity index (χ1v) is 11.3. The maximum atomic E-state index is 14.4. The summed E-state index contributed by atoms with van der Waals surface area (Å²) < 4.78 is 39.0. The van der Waals surface area contributed by atoms with E-state index in [4.69, 9.17) is 0 Å². The van der Waals surface area contributed by atoms with E-state index in [1.807, 2.05) is 0 Å². The molecule has 1 fully saturated rings. The molecule has 2 atom stereocenters. The Balaban J connectivity index is 1.77. The van der Waals surface area contributed by atoms with Crippen molar-refractivity contribution in [2.75, 3.05) is 11.6 Å².